The van der Waals surface area contributed by atoms with Crippen LogP contribution >= 0.6 is 0 Å². The Morgan fingerprint density at radius 2 is 0.512 bits per heavy atom. The number of pyridine rings is 5. The first-order chi connectivity index (χ1) is 41.6. The van der Waals surface area contributed by atoms with Gasteiger partial charge in [0, 0.05) is 81.1 Å². The molecule has 0 spiro atoms. The van der Waals surface area contributed by atoms with Crippen LogP contribution in [0.25, 0.3) is 131 Å². The molecule has 0 saturated heterocycles. The first-order valence-electron chi connectivity index (χ1n) is 27.6. The lowest BCUT2D eigenvalue weighted by Crippen LogP contribution is -1.85. The number of nitrogens with zero attached hydrogens (tertiary/aromatic N) is 9. The molecule has 7 heterocycles. The van der Waals surface area contributed by atoms with Gasteiger partial charge in [-0.3, -0.25) is 29.9 Å². The molecule has 0 unspecified atom stereocenters. The molecule has 0 radical (unpaired) electrons. The first-order valence-corrected chi connectivity index (χ1v) is 27.6. The third kappa shape index (κ3) is 11.7. The third-order valence-corrected chi connectivity index (χ3v) is 14.4. The maximum atomic E-state index is 4.58. The molecule has 0 saturated carbocycles. The Morgan fingerprint density at radius 3 is 1.01 bits per heavy atom. The van der Waals surface area contributed by atoms with Gasteiger partial charge in [0.05, 0.1) is 60.7 Å². The van der Waals surface area contributed by atoms with Gasteiger partial charge in [-0.2, -0.15) is 0 Å². The second kappa shape index (κ2) is 24.4. The summed E-state index contributed by atoms with van der Waals surface area (Å²) in [6.07, 6.45) is 12.6. The van der Waals surface area contributed by atoms with E-state index in [1.165, 1.54) is 59.2 Å². The molecule has 0 bridgehead atoms. The zero-order chi connectivity index (χ0) is 56.3. The summed E-state index contributed by atoms with van der Waals surface area (Å²) < 4.78 is 0. The fourth-order valence-electron chi connectivity index (χ4n) is 10.2. The third-order valence-electron chi connectivity index (χ3n) is 14.4. The largest absolute Gasteiger partial charge is 0.264 e. The molecule has 84 heavy (non-hydrogen) atoms. The van der Waals surface area contributed by atoms with Crippen molar-refractivity contribution < 1.29 is 0 Å². The fraction of sp³-hybridized carbons (Fsp3) is 0. The van der Waals surface area contributed by atoms with Crippen LogP contribution in [-0.2, 0) is 0 Å². The minimum Gasteiger partial charge on any atom is -0.264 e. The van der Waals surface area contributed by atoms with Gasteiger partial charge in [0.2, 0.25) is 0 Å². The molecule has 11 aromatic carbocycles. The van der Waals surface area contributed by atoms with Crippen LogP contribution < -0.4 is 0 Å². The van der Waals surface area contributed by atoms with E-state index in [0.29, 0.717) is 0 Å². The average Bonchev–Trinajstić information content (AvgIpc) is 3.72. The van der Waals surface area contributed by atoms with Crippen LogP contribution in [0.1, 0.15) is 0 Å². The van der Waals surface area contributed by atoms with E-state index in [9.17, 15) is 0 Å². The Morgan fingerprint density at radius 1 is 0.179 bits per heavy atom. The SMILES string of the molecule is c1ccc2c(c1)ccc1cccnc12.c1ccc2cc3cnccc3cc2c1.c1ccc2cc3nccnc3cc2c1.c1ccc2nc3ccccc3cc2c1.c1ccc2nc3ccccc3nc2c1.c1cnc2c(c1)ccc1cccnc12. The van der Waals surface area contributed by atoms with Crippen molar-refractivity contribution >= 4 is 131 Å². The van der Waals surface area contributed by atoms with Crippen LogP contribution in [0.5, 0.6) is 0 Å². The molecule has 18 rings (SSSR count). The number of fused-ring (bicyclic) bond motifs is 14. The van der Waals surface area contributed by atoms with Gasteiger partial charge in [-0.15, -0.1) is 0 Å². The number of para-hydroxylation sites is 6. The van der Waals surface area contributed by atoms with E-state index in [2.05, 4.69) is 190 Å². The average molecular weight is 1080 g/mol. The molecular formula is C75H51N9. The lowest BCUT2D eigenvalue weighted by molar-refractivity contribution is 1.30. The van der Waals surface area contributed by atoms with Gasteiger partial charge in [-0.1, -0.05) is 176 Å². The first kappa shape index (κ1) is 51.9. The predicted octanol–water partition coefficient (Wildman–Crippen LogP) is 18.5. The highest BCUT2D eigenvalue weighted by molar-refractivity contribution is 6.05. The lowest BCUT2D eigenvalue weighted by Gasteiger charge is -2.01. The molecular weight excluding hydrogens is 1030 g/mol. The van der Waals surface area contributed by atoms with E-state index < -0.39 is 0 Å². The highest BCUT2D eigenvalue weighted by Crippen LogP contribution is 2.26. The zero-order valence-electron chi connectivity index (χ0n) is 45.5. The van der Waals surface area contributed by atoms with E-state index in [4.69, 9.17) is 0 Å². The van der Waals surface area contributed by atoms with Crippen LogP contribution in [-0.4, -0.2) is 44.9 Å². The summed E-state index contributed by atoms with van der Waals surface area (Å²) in [7, 11) is 0. The minimum atomic E-state index is 0.950. The van der Waals surface area contributed by atoms with Crippen molar-refractivity contribution in [2.24, 2.45) is 0 Å². The van der Waals surface area contributed by atoms with Crippen molar-refractivity contribution in [1.82, 2.24) is 44.9 Å². The predicted molar refractivity (Wildman–Crippen MR) is 349 cm³/mol. The second-order valence-electron chi connectivity index (χ2n) is 19.8. The topological polar surface area (TPSA) is 116 Å². The summed E-state index contributed by atoms with van der Waals surface area (Å²) in [6, 6.07) is 90.4. The van der Waals surface area contributed by atoms with Gasteiger partial charge < -0.3 is 0 Å². The van der Waals surface area contributed by atoms with Crippen molar-refractivity contribution in [2.45, 2.75) is 0 Å². The summed E-state index contributed by atoms with van der Waals surface area (Å²) in [5.41, 5.74) is 10.9. The van der Waals surface area contributed by atoms with Crippen LogP contribution in [0.15, 0.2) is 310 Å². The quantitative estimate of drug-likeness (QED) is 0.108. The maximum Gasteiger partial charge on any atom is 0.0964 e. The number of aromatic nitrogens is 9. The van der Waals surface area contributed by atoms with E-state index in [-0.39, 0.29) is 0 Å². The van der Waals surface area contributed by atoms with E-state index >= 15 is 0 Å². The molecule has 0 fully saturated rings. The monoisotopic (exact) mass is 1080 g/mol. The van der Waals surface area contributed by atoms with Gasteiger partial charge in [0.1, 0.15) is 0 Å². The molecule has 0 aliphatic rings. The number of benzene rings is 11. The molecule has 18 aromatic rings. The highest BCUT2D eigenvalue weighted by atomic mass is 14.8. The fourth-order valence-corrected chi connectivity index (χ4v) is 10.2. The Hall–Kier alpha value is -11.6. The molecule has 7 aromatic heterocycles. The molecule has 396 valence electrons. The smallest absolute Gasteiger partial charge is 0.0964 e. The van der Waals surface area contributed by atoms with Crippen LogP contribution in [0.2, 0.25) is 0 Å². The Kier molecular flexibility index (Phi) is 15.1. The number of hydrogen-bond acceptors (Lipinski definition) is 9. The van der Waals surface area contributed by atoms with Crippen molar-refractivity contribution in [3.8, 4) is 0 Å². The summed E-state index contributed by atoms with van der Waals surface area (Å²) in [4.78, 5) is 39.4. The van der Waals surface area contributed by atoms with E-state index in [1.807, 2.05) is 140 Å². The van der Waals surface area contributed by atoms with Gasteiger partial charge >= 0.3 is 0 Å². The number of hydrogen-bond donors (Lipinski definition) is 0. The molecule has 0 aliphatic carbocycles. The van der Waals surface area contributed by atoms with Gasteiger partial charge in [0.25, 0.3) is 0 Å². The van der Waals surface area contributed by atoms with E-state index in [0.717, 1.165) is 71.5 Å². The second-order valence-corrected chi connectivity index (χ2v) is 19.8. The molecule has 0 amide bonds. The standard InChI is InChI=1S/3C13H9N.3C12H8N2/c1-3-7-12-10(5-1)9-11-6-2-4-8-13(11)14-12;1-2-6-12-10(4-1)7-8-11-5-3-9-14-13(11)12;1-2-4-11-8-13-9-14-6-5-12(13)7-10(11)3-1;1-3-9-5-6-10-4-2-8-14-12(10)11(9)13-7-1;1-2-6-10-9(5-1)13-11-7-3-4-8-12(11)14-10;1-2-4-10-8-12-11(7-9(10)3-1)13-5-6-14-12/h3*1-9H;3*1-8H. The highest BCUT2D eigenvalue weighted by Gasteiger charge is 2.04. The van der Waals surface area contributed by atoms with Crippen molar-refractivity contribution in [1.29, 1.82) is 0 Å². The maximum absolute atomic E-state index is 4.58. The molecule has 0 N–H and O–H groups in total. The van der Waals surface area contributed by atoms with Crippen molar-refractivity contribution in [3.05, 3.63) is 310 Å². The lowest BCUT2D eigenvalue weighted by atomic mass is 10.1. The van der Waals surface area contributed by atoms with E-state index in [1.54, 1.807) is 24.8 Å². The summed E-state index contributed by atoms with van der Waals surface area (Å²) in [6.45, 7) is 0. The Labute approximate surface area is 483 Å². The number of rotatable bonds is 0. The summed E-state index contributed by atoms with van der Waals surface area (Å²) >= 11 is 0. The van der Waals surface area contributed by atoms with Gasteiger partial charge in [0.15, 0.2) is 0 Å². The Balaban J connectivity index is 0.0000000940. The van der Waals surface area contributed by atoms with Gasteiger partial charge in [-0.25, -0.2) is 15.0 Å². The normalized spacial score (nSPS) is 10.9. The van der Waals surface area contributed by atoms with Gasteiger partial charge in [-0.05, 0) is 123 Å². The van der Waals surface area contributed by atoms with Crippen molar-refractivity contribution in [3.63, 3.8) is 0 Å². The summed E-state index contributed by atoms with van der Waals surface area (Å²) in [5, 5.41) is 15.8. The van der Waals surface area contributed by atoms with Crippen molar-refractivity contribution in [2.75, 3.05) is 0 Å². The molecule has 0 aliphatic heterocycles. The molecule has 0 atom stereocenters. The molecule has 9 nitrogen and oxygen atoms in total. The van der Waals surface area contributed by atoms with Crippen LogP contribution in [0.3, 0.4) is 0 Å². The Bertz CT molecular complexity index is 4200. The zero-order valence-corrected chi connectivity index (χ0v) is 45.5. The molecule has 9 heteroatoms. The summed E-state index contributed by atoms with van der Waals surface area (Å²) in [5.74, 6) is 0. The van der Waals surface area contributed by atoms with Crippen LogP contribution in [0.4, 0.5) is 0 Å². The minimum absolute atomic E-state index is 0.950. The van der Waals surface area contributed by atoms with Crippen LogP contribution in [0, 0.1) is 0 Å².